The molecule has 0 aliphatic heterocycles. The maximum atomic E-state index is 6.85. The van der Waals surface area contributed by atoms with E-state index in [1.54, 1.807) is 0 Å². The van der Waals surface area contributed by atoms with Gasteiger partial charge in [0.2, 0.25) is 5.88 Å². The van der Waals surface area contributed by atoms with Gasteiger partial charge in [-0.25, -0.2) is 4.98 Å². The summed E-state index contributed by atoms with van der Waals surface area (Å²) in [6.07, 6.45) is 18.8. The maximum absolute atomic E-state index is 6.85. The van der Waals surface area contributed by atoms with Crippen LogP contribution in [-0.4, -0.2) is 10.6 Å². The number of nitrogens with zero attached hydrogens (tertiary/aromatic N) is 1. The number of aryl methyl sites for hydroxylation is 1. The number of hydrogen-bond donors (Lipinski definition) is 0. The molecule has 0 spiro atoms. The third kappa shape index (κ3) is 9.96. The number of rotatable bonds is 18. The summed E-state index contributed by atoms with van der Waals surface area (Å²) in [6.45, 7) is 16.0. The first-order chi connectivity index (χ1) is 14.8. The Bertz CT molecular complexity index is 584. The molecule has 0 amide bonds. The smallest absolute Gasteiger partial charge is 0.217 e. The van der Waals surface area contributed by atoms with E-state index in [0.717, 1.165) is 30.8 Å². The molecule has 2 heteroatoms. The predicted octanol–water partition coefficient (Wildman–Crippen LogP) is 9.72. The van der Waals surface area contributed by atoms with Gasteiger partial charge < -0.3 is 4.74 Å². The fourth-order valence-corrected chi connectivity index (χ4v) is 4.89. The van der Waals surface area contributed by atoms with Gasteiger partial charge in [0, 0.05) is 11.3 Å². The van der Waals surface area contributed by atoms with E-state index in [1.807, 2.05) is 0 Å². The van der Waals surface area contributed by atoms with Crippen molar-refractivity contribution in [1.82, 2.24) is 4.98 Å². The Hall–Kier alpha value is -1.05. The molecule has 1 aromatic heterocycles. The SMILES string of the molecule is CCCCCCC(C)(CCCCCC)c1ccc(C)nc1O[C@](C)(CCC)CCCC. The molecule has 180 valence electrons. The topological polar surface area (TPSA) is 22.1 Å². The zero-order valence-corrected chi connectivity index (χ0v) is 22.1. The van der Waals surface area contributed by atoms with Gasteiger partial charge in [-0.1, -0.05) is 105 Å². The summed E-state index contributed by atoms with van der Waals surface area (Å²) in [6, 6.07) is 4.53. The minimum atomic E-state index is -0.119. The second-order valence-electron chi connectivity index (χ2n) is 10.4. The molecule has 0 aliphatic rings. The number of unbranched alkanes of at least 4 members (excludes halogenated alkanes) is 7. The van der Waals surface area contributed by atoms with Crippen molar-refractivity contribution in [2.24, 2.45) is 0 Å². The van der Waals surface area contributed by atoms with Gasteiger partial charge in [0.1, 0.15) is 5.60 Å². The molecule has 1 atom stereocenters. The van der Waals surface area contributed by atoms with Crippen molar-refractivity contribution in [1.29, 1.82) is 0 Å². The Morgan fingerprint density at radius 1 is 0.677 bits per heavy atom. The van der Waals surface area contributed by atoms with Gasteiger partial charge in [0.15, 0.2) is 0 Å². The Labute approximate surface area is 195 Å². The molecule has 1 heterocycles. The Morgan fingerprint density at radius 3 is 1.77 bits per heavy atom. The third-order valence-corrected chi connectivity index (χ3v) is 7.00. The molecule has 0 N–H and O–H groups in total. The van der Waals surface area contributed by atoms with Crippen LogP contribution in [0.15, 0.2) is 12.1 Å². The van der Waals surface area contributed by atoms with Crippen molar-refractivity contribution in [2.45, 2.75) is 156 Å². The first kappa shape index (κ1) is 28.0. The first-order valence-corrected chi connectivity index (χ1v) is 13.5. The van der Waals surface area contributed by atoms with Crippen LogP contribution in [0.2, 0.25) is 0 Å². The average molecular weight is 432 g/mol. The van der Waals surface area contributed by atoms with Gasteiger partial charge in [0.05, 0.1) is 0 Å². The van der Waals surface area contributed by atoms with E-state index in [4.69, 9.17) is 9.72 Å². The molecule has 0 saturated heterocycles. The molecule has 1 aromatic rings. The van der Waals surface area contributed by atoms with Crippen LogP contribution in [-0.2, 0) is 5.41 Å². The summed E-state index contributed by atoms with van der Waals surface area (Å²) >= 11 is 0. The Balaban J connectivity index is 3.20. The number of hydrogen-bond acceptors (Lipinski definition) is 2. The summed E-state index contributed by atoms with van der Waals surface area (Å²) in [5.74, 6) is 0.917. The molecule has 0 saturated carbocycles. The fourth-order valence-electron chi connectivity index (χ4n) is 4.89. The molecule has 0 bridgehead atoms. The van der Waals surface area contributed by atoms with Gasteiger partial charge in [-0.3, -0.25) is 0 Å². The van der Waals surface area contributed by atoms with E-state index < -0.39 is 0 Å². The maximum Gasteiger partial charge on any atom is 0.217 e. The van der Waals surface area contributed by atoms with Crippen LogP contribution in [0, 0.1) is 6.92 Å². The largest absolute Gasteiger partial charge is 0.471 e. The van der Waals surface area contributed by atoms with Crippen LogP contribution in [0.3, 0.4) is 0 Å². The van der Waals surface area contributed by atoms with E-state index in [9.17, 15) is 0 Å². The van der Waals surface area contributed by atoms with E-state index in [0.29, 0.717) is 0 Å². The van der Waals surface area contributed by atoms with Crippen LogP contribution >= 0.6 is 0 Å². The molecule has 1 rings (SSSR count). The monoisotopic (exact) mass is 431 g/mol. The summed E-state index contributed by atoms with van der Waals surface area (Å²) in [5, 5.41) is 0. The molecule has 2 nitrogen and oxygen atoms in total. The highest BCUT2D eigenvalue weighted by Gasteiger charge is 2.33. The lowest BCUT2D eigenvalue weighted by atomic mass is 9.74. The Kier molecular flexibility index (Phi) is 13.5. The van der Waals surface area contributed by atoms with E-state index in [-0.39, 0.29) is 11.0 Å². The highest BCUT2D eigenvalue weighted by Crippen LogP contribution is 2.41. The van der Waals surface area contributed by atoms with Gasteiger partial charge in [-0.2, -0.15) is 0 Å². The van der Waals surface area contributed by atoms with Gasteiger partial charge in [-0.15, -0.1) is 0 Å². The summed E-state index contributed by atoms with van der Waals surface area (Å²) in [7, 11) is 0. The van der Waals surface area contributed by atoms with Crippen molar-refractivity contribution in [3.63, 3.8) is 0 Å². The summed E-state index contributed by atoms with van der Waals surface area (Å²) < 4.78 is 6.85. The lowest BCUT2D eigenvalue weighted by Gasteiger charge is -2.36. The molecule has 0 aliphatic carbocycles. The highest BCUT2D eigenvalue weighted by molar-refractivity contribution is 5.35. The number of ether oxygens (including phenoxy) is 1. The lowest BCUT2D eigenvalue weighted by molar-refractivity contribution is 0.0581. The van der Waals surface area contributed by atoms with Gasteiger partial charge >= 0.3 is 0 Å². The second kappa shape index (κ2) is 14.9. The van der Waals surface area contributed by atoms with Crippen LogP contribution in [0.5, 0.6) is 5.88 Å². The van der Waals surface area contributed by atoms with Crippen LogP contribution in [0.4, 0.5) is 0 Å². The Morgan fingerprint density at radius 2 is 1.26 bits per heavy atom. The molecule has 0 radical (unpaired) electrons. The van der Waals surface area contributed by atoms with Crippen molar-refractivity contribution < 1.29 is 4.74 Å². The minimum absolute atomic E-state index is 0.119. The van der Waals surface area contributed by atoms with Crippen molar-refractivity contribution >= 4 is 0 Å². The predicted molar refractivity (Wildman–Crippen MR) is 137 cm³/mol. The quantitative estimate of drug-likeness (QED) is 0.216. The molecule has 31 heavy (non-hydrogen) atoms. The van der Waals surface area contributed by atoms with Crippen LogP contribution in [0.1, 0.15) is 149 Å². The second-order valence-corrected chi connectivity index (χ2v) is 10.4. The van der Waals surface area contributed by atoms with Crippen LogP contribution in [0.25, 0.3) is 0 Å². The third-order valence-electron chi connectivity index (χ3n) is 7.00. The standard InChI is InChI=1S/C29H53NO/c1-8-12-15-17-22-28(6,23-18-16-13-9-2)26-20-19-25(5)30-27(26)31-29(7,21-11-4)24-14-10-3/h19-20H,8-18,21-24H2,1-7H3/t29-/m1/s1. The van der Waals surface area contributed by atoms with E-state index in [2.05, 4.69) is 60.6 Å². The fraction of sp³-hybridized carbons (Fsp3) is 0.828. The van der Waals surface area contributed by atoms with Crippen molar-refractivity contribution in [2.75, 3.05) is 0 Å². The van der Waals surface area contributed by atoms with Crippen LogP contribution < -0.4 is 4.74 Å². The first-order valence-electron chi connectivity index (χ1n) is 13.5. The molecule has 0 fully saturated rings. The van der Waals surface area contributed by atoms with E-state index in [1.165, 1.54) is 82.6 Å². The minimum Gasteiger partial charge on any atom is -0.471 e. The zero-order valence-electron chi connectivity index (χ0n) is 22.1. The van der Waals surface area contributed by atoms with E-state index >= 15 is 0 Å². The average Bonchev–Trinajstić information content (AvgIpc) is 2.73. The number of pyridine rings is 1. The molecular weight excluding hydrogens is 378 g/mol. The van der Waals surface area contributed by atoms with Gasteiger partial charge in [0.25, 0.3) is 0 Å². The number of aromatic nitrogens is 1. The zero-order chi connectivity index (χ0) is 23.2. The summed E-state index contributed by atoms with van der Waals surface area (Å²) in [5.41, 5.74) is 2.44. The van der Waals surface area contributed by atoms with Crippen molar-refractivity contribution in [3.05, 3.63) is 23.4 Å². The lowest BCUT2D eigenvalue weighted by Crippen LogP contribution is -2.34. The molecule has 0 aromatic carbocycles. The highest BCUT2D eigenvalue weighted by atomic mass is 16.5. The molecular formula is C29H53NO. The van der Waals surface area contributed by atoms with Crippen molar-refractivity contribution in [3.8, 4) is 5.88 Å². The summed E-state index contributed by atoms with van der Waals surface area (Å²) in [4.78, 5) is 4.98. The molecule has 0 unspecified atom stereocenters. The normalized spacial score (nSPS) is 13.9. The van der Waals surface area contributed by atoms with Gasteiger partial charge in [-0.05, 0) is 57.4 Å².